The molecule has 4 nitrogen and oxygen atoms in total. The van der Waals surface area contributed by atoms with Gasteiger partial charge in [-0.15, -0.1) is 0 Å². The van der Waals surface area contributed by atoms with Gasteiger partial charge in [-0.05, 0) is 36.8 Å². The first-order valence-corrected chi connectivity index (χ1v) is 8.51. The Bertz CT molecular complexity index is 622. The Morgan fingerprint density at radius 3 is 2.50 bits per heavy atom. The molecule has 2 rings (SSSR count). The lowest BCUT2D eigenvalue weighted by Gasteiger charge is -2.27. The number of carbonyl (C=O) groups excluding carboxylic acids is 1. The van der Waals surface area contributed by atoms with Crippen LogP contribution in [0.5, 0.6) is 0 Å². The highest BCUT2D eigenvalue weighted by atomic mass is 35.5. The molecule has 1 heterocycles. The number of anilines is 1. The SMILES string of the molecule is CCCC(=O)N(c1ccc(Cl)cc1)[C@@H]1C=CS(=O)(=O)C1. The second-order valence-corrected chi connectivity index (χ2v) is 7.08. The van der Waals surface area contributed by atoms with Gasteiger partial charge in [0.15, 0.2) is 9.84 Å². The fourth-order valence-electron chi connectivity index (χ4n) is 2.18. The summed E-state index contributed by atoms with van der Waals surface area (Å²) in [5.41, 5.74) is 0.666. The summed E-state index contributed by atoms with van der Waals surface area (Å²) in [5, 5.41) is 1.76. The predicted molar refractivity (Wildman–Crippen MR) is 80.6 cm³/mol. The first-order chi connectivity index (χ1) is 9.43. The molecule has 0 radical (unpaired) electrons. The lowest BCUT2D eigenvalue weighted by atomic mass is 10.2. The highest BCUT2D eigenvalue weighted by Gasteiger charge is 2.30. The van der Waals surface area contributed by atoms with Crippen molar-refractivity contribution >= 4 is 33.0 Å². The van der Waals surface area contributed by atoms with Crippen LogP contribution in [0.4, 0.5) is 5.69 Å². The average Bonchev–Trinajstić information content (AvgIpc) is 2.73. The Balaban J connectivity index is 2.33. The number of amides is 1. The maximum absolute atomic E-state index is 12.3. The summed E-state index contributed by atoms with van der Waals surface area (Å²) in [6.45, 7) is 1.92. The van der Waals surface area contributed by atoms with Crippen molar-refractivity contribution < 1.29 is 13.2 Å². The lowest BCUT2D eigenvalue weighted by molar-refractivity contribution is -0.118. The average molecular weight is 314 g/mol. The van der Waals surface area contributed by atoms with Crippen LogP contribution in [-0.2, 0) is 14.6 Å². The first-order valence-electron chi connectivity index (χ1n) is 6.41. The maximum Gasteiger partial charge on any atom is 0.227 e. The second-order valence-electron chi connectivity index (χ2n) is 4.72. The van der Waals surface area contributed by atoms with E-state index in [2.05, 4.69) is 0 Å². The highest BCUT2D eigenvalue weighted by molar-refractivity contribution is 7.94. The van der Waals surface area contributed by atoms with Gasteiger partial charge < -0.3 is 4.90 Å². The van der Waals surface area contributed by atoms with Crippen LogP contribution in [0.15, 0.2) is 35.7 Å². The minimum atomic E-state index is -3.21. The molecule has 0 unspecified atom stereocenters. The molecule has 108 valence electrons. The van der Waals surface area contributed by atoms with E-state index in [1.807, 2.05) is 6.92 Å². The monoisotopic (exact) mass is 313 g/mol. The zero-order chi connectivity index (χ0) is 14.8. The molecule has 0 aromatic heterocycles. The third kappa shape index (κ3) is 3.41. The largest absolute Gasteiger partial charge is 0.304 e. The van der Waals surface area contributed by atoms with E-state index in [0.717, 1.165) is 0 Å². The van der Waals surface area contributed by atoms with Gasteiger partial charge in [-0.3, -0.25) is 4.79 Å². The van der Waals surface area contributed by atoms with Crippen molar-refractivity contribution in [3.05, 3.63) is 40.8 Å². The summed E-state index contributed by atoms with van der Waals surface area (Å²) < 4.78 is 23.1. The van der Waals surface area contributed by atoms with Crippen LogP contribution in [0.25, 0.3) is 0 Å². The van der Waals surface area contributed by atoms with Gasteiger partial charge in [0.05, 0.1) is 11.8 Å². The second kappa shape index (κ2) is 5.97. The number of sulfone groups is 1. The maximum atomic E-state index is 12.3. The van der Waals surface area contributed by atoms with E-state index in [4.69, 9.17) is 11.6 Å². The fraction of sp³-hybridized carbons (Fsp3) is 0.357. The van der Waals surface area contributed by atoms with Gasteiger partial charge in [0.25, 0.3) is 0 Å². The molecule has 6 heteroatoms. The fourth-order valence-corrected chi connectivity index (χ4v) is 3.57. The molecule has 0 bridgehead atoms. The first kappa shape index (κ1) is 15.1. The van der Waals surface area contributed by atoms with Crippen LogP contribution < -0.4 is 4.90 Å². The summed E-state index contributed by atoms with van der Waals surface area (Å²) in [6, 6.07) is 6.40. The lowest BCUT2D eigenvalue weighted by Crippen LogP contribution is -2.41. The van der Waals surface area contributed by atoms with E-state index in [-0.39, 0.29) is 11.7 Å². The van der Waals surface area contributed by atoms with Crippen molar-refractivity contribution in [3.63, 3.8) is 0 Å². The number of hydrogen-bond acceptors (Lipinski definition) is 3. The van der Waals surface area contributed by atoms with E-state index < -0.39 is 15.9 Å². The Labute approximate surface area is 124 Å². The Morgan fingerprint density at radius 2 is 2.00 bits per heavy atom. The van der Waals surface area contributed by atoms with Crippen LogP contribution in [0.2, 0.25) is 5.02 Å². The van der Waals surface area contributed by atoms with Gasteiger partial charge in [-0.25, -0.2) is 8.42 Å². The molecule has 0 saturated carbocycles. The van der Waals surface area contributed by atoms with Crippen molar-refractivity contribution in [3.8, 4) is 0 Å². The van der Waals surface area contributed by atoms with Gasteiger partial charge in [-0.2, -0.15) is 0 Å². The molecular weight excluding hydrogens is 298 g/mol. The van der Waals surface area contributed by atoms with Crippen LogP contribution in [0.3, 0.4) is 0 Å². The van der Waals surface area contributed by atoms with E-state index in [1.165, 1.54) is 5.41 Å². The molecule has 20 heavy (non-hydrogen) atoms. The zero-order valence-electron chi connectivity index (χ0n) is 11.1. The summed E-state index contributed by atoms with van der Waals surface area (Å²) in [5.74, 6) is -0.146. The molecular formula is C14H16ClNO3S. The summed E-state index contributed by atoms with van der Waals surface area (Å²) in [6.07, 6.45) is 2.66. The quantitative estimate of drug-likeness (QED) is 0.859. The van der Waals surface area contributed by atoms with Crippen molar-refractivity contribution in [2.24, 2.45) is 0 Å². The molecule has 0 fully saturated rings. The van der Waals surface area contributed by atoms with E-state index >= 15 is 0 Å². The highest BCUT2D eigenvalue weighted by Crippen LogP contribution is 2.25. The number of rotatable bonds is 4. The molecule has 0 N–H and O–H groups in total. The molecule has 1 aromatic rings. The number of halogens is 1. The van der Waals surface area contributed by atoms with Crippen LogP contribution in [0.1, 0.15) is 19.8 Å². The van der Waals surface area contributed by atoms with Crippen molar-refractivity contribution in [1.82, 2.24) is 0 Å². The molecule has 1 aromatic carbocycles. The molecule has 1 amide bonds. The van der Waals surface area contributed by atoms with Crippen molar-refractivity contribution in [1.29, 1.82) is 0 Å². The Hall–Kier alpha value is -1.33. The summed E-state index contributed by atoms with van der Waals surface area (Å²) in [4.78, 5) is 13.8. The standard InChI is InChI=1S/C14H16ClNO3S/c1-2-3-14(17)16(12-6-4-11(15)5-7-12)13-8-9-20(18,19)10-13/h4-9,13H,2-3,10H2,1H3/t13-/m1/s1. The number of hydrogen-bond donors (Lipinski definition) is 0. The third-order valence-electron chi connectivity index (χ3n) is 3.08. The molecule has 1 aliphatic rings. The van der Waals surface area contributed by atoms with Crippen molar-refractivity contribution in [2.45, 2.75) is 25.8 Å². The molecule has 1 aliphatic heterocycles. The Kier molecular flexibility index (Phi) is 4.50. The van der Waals surface area contributed by atoms with E-state index in [1.54, 1.807) is 35.2 Å². The van der Waals surface area contributed by atoms with E-state index in [9.17, 15) is 13.2 Å². The van der Waals surface area contributed by atoms with Gasteiger partial charge in [0.1, 0.15) is 0 Å². The third-order valence-corrected chi connectivity index (χ3v) is 4.71. The van der Waals surface area contributed by atoms with Crippen molar-refractivity contribution in [2.75, 3.05) is 10.7 Å². The molecule has 0 spiro atoms. The van der Waals surface area contributed by atoms with Gasteiger partial charge in [0.2, 0.25) is 5.91 Å². The molecule has 1 atom stereocenters. The normalized spacial score (nSPS) is 20.0. The minimum Gasteiger partial charge on any atom is -0.304 e. The minimum absolute atomic E-state index is 0.0644. The van der Waals surface area contributed by atoms with Gasteiger partial charge in [0, 0.05) is 22.5 Å². The number of benzene rings is 1. The smallest absolute Gasteiger partial charge is 0.227 e. The van der Waals surface area contributed by atoms with Crippen LogP contribution >= 0.6 is 11.6 Å². The zero-order valence-corrected chi connectivity index (χ0v) is 12.7. The Morgan fingerprint density at radius 1 is 1.35 bits per heavy atom. The predicted octanol–water partition coefficient (Wildman–Crippen LogP) is 2.78. The number of nitrogens with zero attached hydrogens (tertiary/aromatic N) is 1. The van der Waals surface area contributed by atoms with Crippen LogP contribution in [-0.4, -0.2) is 26.1 Å². The number of carbonyl (C=O) groups is 1. The van der Waals surface area contributed by atoms with Crippen LogP contribution in [0, 0.1) is 0 Å². The van der Waals surface area contributed by atoms with Gasteiger partial charge >= 0.3 is 0 Å². The topological polar surface area (TPSA) is 54.5 Å². The van der Waals surface area contributed by atoms with Gasteiger partial charge in [-0.1, -0.05) is 18.5 Å². The van der Waals surface area contributed by atoms with E-state index in [0.29, 0.717) is 23.6 Å². The summed E-state index contributed by atoms with van der Waals surface area (Å²) in [7, 11) is -3.21. The summed E-state index contributed by atoms with van der Waals surface area (Å²) >= 11 is 5.85. The molecule has 0 aliphatic carbocycles. The molecule has 0 saturated heterocycles.